The summed E-state index contributed by atoms with van der Waals surface area (Å²) >= 11 is 0. The summed E-state index contributed by atoms with van der Waals surface area (Å²) < 4.78 is 18.7. The van der Waals surface area contributed by atoms with E-state index in [-0.39, 0.29) is 30.1 Å². The van der Waals surface area contributed by atoms with E-state index in [0.29, 0.717) is 23.9 Å². The van der Waals surface area contributed by atoms with Crippen molar-refractivity contribution in [2.45, 2.75) is 31.7 Å². The number of likely N-dealkylation sites (tertiary alicyclic amines) is 1. The van der Waals surface area contributed by atoms with Gasteiger partial charge in [-0.2, -0.15) is 0 Å². The minimum atomic E-state index is -0.343. The van der Waals surface area contributed by atoms with E-state index in [2.05, 4.69) is 0 Å². The summed E-state index contributed by atoms with van der Waals surface area (Å²) in [6.07, 6.45) is 3.42. The molecule has 1 aliphatic rings. The molecule has 4 nitrogen and oxygen atoms in total. The quantitative estimate of drug-likeness (QED) is 0.942. The molecule has 1 fully saturated rings. The molecule has 0 saturated carbocycles. The Hall–Kier alpha value is -1.88. The molecule has 112 valence electrons. The molecule has 1 unspecified atom stereocenters. The predicted octanol–water partition coefficient (Wildman–Crippen LogP) is 2.95. The highest BCUT2D eigenvalue weighted by molar-refractivity contribution is 5.96. The SMILES string of the molecule is O=C(c1cc2cc(F)ccc2o1)N1CCCC1CCCO. The third-order valence-electron chi connectivity index (χ3n) is 4.02. The van der Waals surface area contributed by atoms with E-state index in [9.17, 15) is 9.18 Å². The Balaban J connectivity index is 1.82. The van der Waals surface area contributed by atoms with Gasteiger partial charge in [0.1, 0.15) is 11.4 Å². The molecular formula is C16H18FNO3. The average Bonchev–Trinajstić information content (AvgIpc) is 3.10. The number of rotatable bonds is 4. The van der Waals surface area contributed by atoms with Gasteiger partial charge in [-0.25, -0.2) is 4.39 Å². The van der Waals surface area contributed by atoms with Crippen molar-refractivity contribution in [2.24, 2.45) is 0 Å². The Morgan fingerprint density at radius 1 is 1.43 bits per heavy atom. The van der Waals surface area contributed by atoms with Crippen LogP contribution in [0.2, 0.25) is 0 Å². The van der Waals surface area contributed by atoms with Gasteiger partial charge in [0.2, 0.25) is 0 Å². The van der Waals surface area contributed by atoms with Crippen LogP contribution >= 0.6 is 0 Å². The molecule has 1 aromatic carbocycles. The lowest BCUT2D eigenvalue weighted by molar-refractivity contribution is 0.0694. The summed E-state index contributed by atoms with van der Waals surface area (Å²) in [6.45, 7) is 0.850. The maximum absolute atomic E-state index is 13.2. The third-order valence-corrected chi connectivity index (χ3v) is 4.02. The fourth-order valence-corrected chi connectivity index (χ4v) is 2.99. The van der Waals surface area contributed by atoms with Crippen molar-refractivity contribution in [1.29, 1.82) is 0 Å². The number of hydrogen-bond acceptors (Lipinski definition) is 3. The number of amides is 1. The van der Waals surface area contributed by atoms with Crippen LogP contribution in [-0.2, 0) is 0 Å². The molecule has 0 spiro atoms. The molecule has 1 amide bonds. The van der Waals surface area contributed by atoms with Crippen LogP contribution in [0.3, 0.4) is 0 Å². The molecule has 21 heavy (non-hydrogen) atoms. The second-order valence-corrected chi connectivity index (χ2v) is 5.45. The summed E-state index contributed by atoms with van der Waals surface area (Å²) in [4.78, 5) is 14.4. The molecule has 2 aromatic rings. The van der Waals surface area contributed by atoms with Crippen LogP contribution < -0.4 is 0 Å². The lowest BCUT2D eigenvalue weighted by Gasteiger charge is -2.23. The molecule has 1 aliphatic heterocycles. The van der Waals surface area contributed by atoms with Crippen LogP contribution in [0.1, 0.15) is 36.2 Å². The Kier molecular flexibility index (Phi) is 3.92. The molecule has 0 bridgehead atoms. The zero-order valence-electron chi connectivity index (χ0n) is 11.7. The van der Waals surface area contributed by atoms with Crippen molar-refractivity contribution < 1.29 is 18.7 Å². The first-order valence-electron chi connectivity index (χ1n) is 7.30. The van der Waals surface area contributed by atoms with Gasteiger partial charge in [0, 0.05) is 24.6 Å². The molecule has 1 N–H and O–H groups in total. The molecule has 0 aliphatic carbocycles. The van der Waals surface area contributed by atoms with Crippen LogP contribution in [0, 0.1) is 5.82 Å². The number of hydrogen-bond donors (Lipinski definition) is 1. The number of aliphatic hydroxyl groups excluding tert-OH is 1. The fourth-order valence-electron chi connectivity index (χ4n) is 2.99. The van der Waals surface area contributed by atoms with Gasteiger partial charge in [-0.1, -0.05) is 0 Å². The molecule has 1 aromatic heterocycles. The standard InChI is InChI=1S/C16H18FNO3/c17-12-5-6-14-11(9-12)10-15(21-14)16(20)18-7-1-3-13(18)4-2-8-19/h5-6,9-10,13,19H,1-4,7-8H2. The van der Waals surface area contributed by atoms with Crippen LogP contribution in [-0.4, -0.2) is 35.1 Å². The highest BCUT2D eigenvalue weighted by atomic mass is 19.1. The highest BCUT2D eigenvalue weighted by Gasteiger charge is 2.30. The second kappa shape index (κ2) is 5.85. The number of aliphatic hydroxyl groups is 1. The van der Waals surface area contributed by atoms with E-state index in [1.165, 1.54) is 18.2 Å². The molecule has 1 saturated heterocycles. The van der Waals surface area contributed by atoms with E-state index in [1.807, 2.05) is 4.90 Å². The number of benzene rings is 1. The first kappa shape index (κ1) is 14.1. The molecule has 2 heterocycles. The maximum atomic E-state index is 13.2. The fraction of sp³-hybridized carbons (Fsp3) is 0.438. The number of carbonyl (C=O) groups excluding carboxylic acids is 1. The summed E-state index contributed by atoms with van der Waals surface area (Å²) in [6, 6.07) is 5.98. The van der Waals surface area contributed by atoms with Crippen molar-refractivity contribution >= 4 is 16.9 Å². The Morgan fingerprint density at radius 2 is 2.29 bits per heavy atom. The van der Waals surface area contributed by atoms with E-state index >= 15 is 0 Å². The van der Waals surface area contributed by atoms with E-state index < -0.39 is 0 Å². The van der Waals surface area contributed by atoms with Crippen molar-refractivity contribution in [2.75, 3.05) is 13.2 Å². The van der Waals surface area contributed by atoms with Crippen molar-refractivity contribution in [3.8, 4) is 0 Å². The average molecular weight is 291 g/mol. The number of fused-ring (bicyclic) bond motifs is 1. The maximum Gasteiger partial charge on any atom is 0.289 e. The van der Waals surface area contributed by atoms with Gasteiger partial charge in [-0.05, 0) is 49.9 Å². The molecule has 5 heteroatoms. The molecular weight excluding hydrogens is 273 g/mol. The first-order valence-corrected chi connectivity index (χ1v) is 7.30. The second-order valence-electron chi connectivity index (χ2n) is 5.45. The summed E-state index contributed by atoms with van der Waals surface area (Å²) in [7, 11) is 0. The first-order chi connectivity index (χ1) is 10.2. The highest BCUT2D eigenvalue weighted by Crippen LogP contribution is 2.26. The van der Waals surface area contributed by atoms with Crippen molar-refractivity contribution in [1.82, 2.24) is 4.90 Å². The number of carbonyl (C=O) groups is 1. The normalized spacial score (nSPS) is 18.6. The van der Waals surface area contributed by atoms with Gasteiger partial charge in [0.25, 0.3) is 5.91 Å². The zero-order valence-corrected chi connectivity index (χ0v) is 11.7. The lowest BCUT2D eigenvalue weighted by atomic mass is 10.1. The Morgan fingerprint density at radius 3 is 3.10 bits per heavy atom. The van der Waals surface area contributed by atoms with Gasteiger partial charge in [-0.3, -0.25) is 4.79 Å². The third kappa shape index (κ3) is 2.78. The topological polar surface area (TPSA) is 53.7 Å². The Bertz CT molecular complexity index is 652. The number of furan rings is 1. The lowest BCUT2D eigenvalue weighted by Crippen LogP contribution is -2.35. The minimum absolute atomic E-state index is 0.141. The van der Waals surface area contributed by atoms with Gasteiger partial charge < -0.3 is 14.4 Å². The monoisotopic (exact) mass is 291 g/mol. The molecule has 1 atom stereocenters. The van der Waals surface area contributed by atoms with Gasteiger partial charge in [0.15, 0.2) is 5.76 Å². The van der Waals surface area contributed by atoms with Crippen molar-refractivity contribution in [3.63, 3.8) is 0 Å². The van der Waals surface area contributed by atoms with Gasteiger partial charge in [0.05, 0.1) is 0 Å². The van der Waals surface area contributed by atoms with Crippen LogP contribution in [0.5, 0.6) is 0 Å². The summed E-state index contributed by atoms with van der Waals surface area (Å²) in [5.41, 5.74) is 0.519. The van der Waals surface area contributed by atoms with Crippen LogP contribution in [0.15, 0.2) is 28.7 Å². The van der Waals surface area contributed by atoms with E-state index in [0.717, 1.165) is 19.3 Å². The van der Waals surface area contributed by atoms with Gasteiger partial charge >= 0.3 is 0 Å². The minimum Gasteiger partial charge on any atom is -0.451 e. The van der Waals surface area contributed by atoms with Crippen molar-refractivity contribution in [3.05, 3.63) is 35.8 Å². The largest absolute Gasteiger partial charge is 0.451 e. The van der Waals surface area contributed by atoms with Gasteiger partial charge in [-0.15, -0.1) is 0 Å². The van der Waals surface area contributed by atoms with Crippen LogP contribution in [0.25, 0.3) is 11.0 Å². The molecule has 0 radical (unpaired) electrons. The predicted molar refractivity (Wildman–Crippen MR) is 76.6 cm³/mol. The Labute approximate surface area is 122 Å². The summed E-state index contributed by atoms with van der Waals surface area (Å²) in [5.74, 6) is -0.233. The summed E-state index contributed by atoms with van der Waals surface area (Å²) in [5, 5.41) is 9.53. The van der Waals surface area contributed by atoms with E-state index in [4.69, 9.17) is 9.52 Å². The number of nitrogens with zero attached hydrogens (tertiary/aromatic N) is 1. The van der Waals surface area contributed by atoms with Crippen LogP contribution in [0.4, 0.5) is 4.39 Å². The smallest absolute Gasteiger partial charge is 0.289 e. The zero-order chi connectivity index (χ0) is 14.8. The number of halogens is 1. The molecule has 3 rings (SSSR count). The van der Waals surface area contributed by atoms with E-state index in [1.54, 1.807) is 6.07 Å².